The van der Waals surface area contributed by atoms with E-state index in [-0.39, 0.29) is 31.1 Å². The van der Waals surface area contributed by atoms with Crippen LogP contribution in [-0.4, -0.2) is 37.2 Å². The van der Waals surface area contributed by atoms with Crippen LogP contribution < -0.4 is 0 Å². The molecule has 0 aliphatic heterocycles. The zero-order valence-electron chi connectivity index (χ0n) is 49.4. The molecule has 0 N–H and O–H groups in total. The highest BCUT2D eigenvalue weighted by Gasteiger charge is 2.19. The van der Waals surface area contributed by atoms with Gasteiger partial charge in [-0.2, -0.15) is 0 Å². The predicted octanol–water partition coefficient (Wildman–Crippen LogP) is 22.2. The average molecular weight is 1030 g/mol. The van der Waals surface area contributed by atoms with E-state index < -0.39 is 6.10 Å². The Morgan fingerprint density at radius 1 is 0.274 bits per heavy atom. The lowest BCUT2D eigenvalue weighted by molar-refractivity contribution is -0.167. The Bertz CT molecular complexity index is 1180. The van der Waals surface area contributed by atoms with Gasteiger partial charge in [0.2, 0.25) is 0 Å². The van der Waals surface area contributed by atoms with E-state index >= 15 is 0 Å². The van der Waals surface area contributed by atoms with Crippen molar-refractivity contribution in [3.8, 4) is 0 Å². The first-order valence-corrected chi connectivity index (χ1v) is 32.8. The molecular weight excluding hydrogens is 901 g/mol. The Labute approximate surface area is 455 Å². The monoisotopic (exact) mass is 1030 g/mol. The van der Waals surface area contributed by atoms with Crippen LogP contribution >= 0.6 is 0 Å². The van der Waals surface area contributed by atoms with Crippen molar-refractivity contribution in [1.29, 1.82) is 0 Å². The number of hydrogen-bond donors (Lipinski definition) is 0. The zero-order valence-corrected chi connectivity index (χ0v) is 49.4. The molecule has 0 amide bonds. The van der Waals surface area contributed by atoms with Crippen molar-refractivity contribution in [2.75, 3.05) is 13.2 Å². The third kappa shape index (κ3) is 60.6. The number of esters is 3. The molecule has 1 atom stereocenters. The summed E-state index contributed by atoms with van der Waals surface area (Å²) in [6.07, 6.45) is 75.0. The third-order valence-corrected chi connectivity index (χ3v) is 15.0. The van der Waals surface area contributed by atoms with Gasteiger partial charge in [-0.15, -0.1) is 0 Å². The predicted molar refractivity (Wildman–Crippen MR) is 316 cm³/mol. The van der Waals surface area contributed by atoms with Crippen molar-refractivity contribution in [3.63, 3.8) is 0 Å². The molecule has 0 rings (SSSR count). The second-order valence-corrected chi connectivity index (χ2v) is 22.4. The Balaban J connectivity index is 4.10. The van der Waals surface area contributed by atoms with Crippen LogP contribution in [0.4, 0.5) is 0 Å². The van der Waals surface area contributed by atoms with Gasteiger partial charge in [0.15, 0.2) is 6.10 Å². The Hall–Kier alpha value is -2.11. The summed E-state index contributed by atoms with van der Waals surface area (Å²) >= 11 is 0. The van der Waals surface area contributed by atoms with Gasteiger partial charge in [0.25, 0.3) is 0 Å². The first-order valence-electron chi connectivity index (χ1n) is 32.8. The molecule has 0 saturated carbocycles. The lowest BCUT2D eigenvalue weighted by Crippen LogP contribution is -2.30. The molecule has 0 aromatic rings. The van der Waals surface area contributed by atoms with Gasteiger partial charge in [-0.05, 0) is 51.4 Å². The van der Waals surface area contributed by atoms with Crippen LogP contribution in [0.15, 0.2) is 24.3 Å². The van der Waals surface area contributed by atoms with Crippen molar-refractivity contribution >= 4 is 17.9 Å². The summed E-state index contributed by atoms with van der Waals surface area (Å²) in [6, 6.07) is 0. The molecular formula is C67H126O6. The number of unbranched alkanes of at least 4 members (excludes halogenated alkanes) is 46. The number of ether oxygens (including phenoxy) is 3. The Morgan fingerprint density at radius 2 is 0.493 bits per heavy atom. The van der Waals surface area contributed by atoms with Crippen LogP contribution in [0.2, 0.25) is 0 Å². The summed E-state index contributed by atoms with van der Waals surface area (Å²) in [5.74, 6) is -0.844. The van der Waals surface area contributed by atoms with Crippen molar-refractivity contribution in [2.24, 2.45) is 0 Å². The second-order valence-electron chi connectivity index (χ2n) is 22.4. The van der Waals surface area contributed by atoms with Crippen LogP contribution in [0.5, 0.6) is 0 Å². The minimum Gasteiger partial charge on any atom is -0.462 e. The molecule has 0 radical (unpaired) electrons. The summed E-state index contributed by atoms with van der Waals surface area (Å²) in [6.45, 7) is 6.67. The van der Waals surface area contributed by atoms with Crippen molar-refractivity contribution in [3.05, 3.63) is 24.3 Å². The van der Waals surface area contributed by atoms with E-state index in [1.165, 1.54) is 263 Å². The fourth-order valence-electron chi connectivity index (χ4n) is 10.0. The SMILES string of the molecule is CCCCCCC/C=C\C/C=C\CCCCCCCCCCCCCCCC(=O)OCC(COC(=O)CCCCCCCCCC)OC(=O)CCCCCCCCCCCCCCCCCCCCCCCC. The molecule has 0 bridgehead atoms. The van der Waals surface area contributed by atoms with Gasteiger partial charge in [0, 0.05) is 19.3 Å². The lowest BCUT2D eigenvalue weighted by atomic mass is 10.0. The maximum atomic E-state index is 12.9. The van der Waals surface area contributed by atoms with Gasteiger partial charge in [0.05, 0.1) is 0 Å². The van der Waals surface area contributed by atoms with Crippen molar-refractivity contribution in [2.45, 2.75) is 374 Å². The van der Waals surface area contributed by atoms with Crippen LogP contribution in [0.25, 0.3) is 0 Å². The van der Waals surface area contributed by atoms with Gasteiger partial charge >= 0.3 is 17.9 Å². The van der Waals surface area contributed by atoms with Gasteiger partial charge in [-0.25, -0.2) is 0 Å². The largest absolute Gasteiger partial charge is 0.462 e. The summed E-state index contributed by atoms with van der Waals surface area (Å²) in [4.78, 5) is 38.1. The van der Waals surface area contributed by atoms with Crippen LogP contribution in [0.3, 0.4) is 0 Å². The summed E-state index contributed by atoms with van der Waals surface area (Å²) < 4.78 is 16.9. The number of hydrogen-bond acceptors (Lipinski definition) is 6. The minimum atomic E-state index is -0.766. The van der Waals surface area contributed by atoms with E-state index in [9.17, 15) is 14.4 Å². The van der Waals surface area contributed by atoms with E-state index in [2.05, 4.69) is 45.1 Å². The van der Waals surface area contributed by atoms with Crippen molar-refractivity contribution < 1.29 is 28.6 Å². The van der Waals surface area contributed by atoms with Gasteiger partial charge in [-0.3, -0.25) is 14.4 Å². The molecule has 430 valence electrons. The van der Waals surface area contributed by atoms with Gasteiger partial charge in [0.1, 0.15) is 13.2 Å². The highest BCUT2D eigenvalue weighted by Crippen LogP contribution is 2.18. The zero-order chi connectivity index (χ0) is 52.9. The number of carbonyl (C=O) groups is 3. The van der Waals surface area contributed by atoms with Crippen molar-refractivity contribution in [1.82, 2.24) is 0 Å². The smallest absolute Gasteiger partial charge is 0.306 e. The molecule has 73 heavy (non-hydrogen) atoms. The standard InChI is InChI=1S/C67H126O6/c1-4-7-10-13-16-19-21-23-25-27-29-31-33-34-35-37-38-40-42-44-46-48-51-54-57-60-66(69)72-63-64(62-71-65(68)59-56-53-50-18-15-12-9-6-3)73-67(70)61-58-55-52-49-47-45-43-41-39-36-32-30-28-26-24-22-20-17-14-11-8-5-2/h21,23,27,29,64H,4-20,22,24-26,28,30-63H2,1-3H3/b23-21-,29-27-. The maximum absolute atomic E-state index is 12.9. The number of allylic oxidation sites excluding steroid dienone is 4. The summed E-state index contributed by atoms with van der Waals surface area (Å²) in [5, 5.41) is 0. The molecule has 0 aliphatic rings. The Morgan fingerprint density at radius 3 is 0.753 bits per heavy atom. The average Bonchev–Trinajstić information content (AvgIpc) is 3.39. The second kappa shape index (κ2) is 62.4. The fraction of sp³-hybridized carbons (Fsp3) is 0.896. The van der Waals surface area contributed by atoms with Gasteiger partial charge < -0.3 is 14.2 Å². The number of rotatable bonds is 61. The minimum absolute atomic E-state index is 0.0656. The first-order chi connectivity index (χ1) is 36.0. The van der Waals surface area contributed by atoms with Crippen LogP contribution in [0.1, 0.15) is 367 Å². The number of carbonyl (C=O) groups excluding carboxylic acids is 3. The Kier molecular flexibility index (Phi) is 60.6. The normalized spacial score (nSPS) is 12.1. The van der Waals surface area contributed by atoms with E-state index in [0.29, 0.717) is 19.3 Å². The third-order valence-electron chi connectivity index (χ3n) is 15.0. The van der Waals surface area contributed by atoms with E-state index in [1.807, 2.05) is 0 Å². The molecule has 0 spiro atoms. The lowest BCUT2D eigenvalue weighted by Gasteiger charge is -2.18. The molecule has 0 aromatic carbocycles. The fourth-order valence-corrected chi connectivity index (χ4v) is 10.0. The molecule has 6 heteroatoms. The molecule has 0 heterocycles. The van der Waals surface area contributed by atoms with E-state index in [0.717, 1.165) is 64.2 Å². The molecule has 0 fully saturated rings. The van der Waals surface area contributed by atoms with Crippen LogP contribution in [-0.2, 0) is 28.6 Å². The van der Waals surface area contributed by atoms with Crippen LogP contribution in [0, 0.1) is 0 Å². The topological polar surface area (TPSA) is 78.9 Å². The molecule has 0 saturated heterocycles. The van der Waals surface area contributed by atoms with E-state index in [4.69, 9.17) is 14.2 Å². The first kappa shape index (κ1) is 70.9. The highest BCUT2D eigenvalue weighted by atomic mass is 16.6. The quantitative estimate of drug-likeness (QED) is 0.0261. The molecule has 0 aliphatic carbocycles. The molecule has 0 aromatic heterocycles. The summed E-state index contributed by atoms with van der Waals surface area (Å²) in [5.41, 5.74) is 0. The highest BCUT2D eigenvalue weighted by molar-refractivity contribution is 5.71. The van der Waals surface area contributed by atoms with E-state index in [1.54, 1.807) is 0 Å². The summed E-state index contributed by atoms with van der Waals surface area (Å²) in [7, 11) is 0. The maximum Gasteiger partial charge on any atom is 0.306 e. The molecule has 6 nitrogen and oxygen atoms in total. The van der Waals surface area contributed by atoms with Gasteiger partial charge in [-0.1, -0.05) is 321 Å². The molecule has 1 unspecified atom stereocenters.